The number of alkyl halides is 3. The molecule has 0 aliphatic carbocycles. The number of nitrogens with zero attached hydrogens (tertiary/aromatic N) is 3. The van der Waals surface area contributed by atoms with E-state index in [1.807, 2.05) is 54.0 Å². The Morgan fingerprint density at radius 2 is 1.78 bits per heavy atom. The van der Waals surface area contributed by atoms with Crippen molar-refractivity contribution >= 4 is 17.2 Å². The van der Waals surface area contributed by atoms with Crippen molar-refractivity contribution in [3.8, 4) is 0 Å². The summed E-state index contributed by atoms with van der Waals surface area (Å²) in [6.45, 7) is 4.41. The molecule has 0 atom stereocenters. The largest absolute Gasteiger partial charge is 1.00 e. The normalized spacial score (nSPS) is 14.0. The van der Waals surface area contributed by atoms with Crippen molar-refractivity contribution in [3.05, 3.63) is 48.2 Å². The molecule has 7 heteroatoms. The molecule has 1 aliphatic heterocycles. The molecule has 0 N–H and O–H groups in total. The Morgan fingerprint density at radius 3 is 2.35 bits per heavy atom. The first-order chi connectivity index (χ1) is 10.4. The highest BCUT2D eigenvalue weighted by atomic mass is 127. The molecule has 0 unspecified atom stereocenters. The number of para-hydroxylation sites is 1. The summed E-state index contributed by atoms with van der Waals surface area (Å²) in [7, 11) is 0. The molecule has 124 valence electrons. The van der Waals surface area contributed by atoms with E-state index < -0.39 is 11.7 Å². The molecule has 3 rings (SSSR count). The Hall–Kier alpha value is -1.51. The van der Waals surface area contributed by atoms with Gasteiger partial charge in [-0.15, -0.1) is 0 Å². The van der Waals surface area contributed by atoms with Crippen LogP contribution in [-0.4, -0.2) is 17.7 Å². The minimum Gasteiger partial charge on any atom is -1.00 e. The first-order valence-corrected chi connectivity index (χ1v) is 7.04. The van der Waals surface area contributed by atoms with E-state index in [4.69, 9.17) is 0 Å². The maximum absolute atomic E-state index is 12.9. The van der Waals surface area contributed by atoms with Crippen molar-refractivity contribution in [2.75, 3.05) is 16.5 Å². The Morgan fingerprint density at radius 1 is 1.13 bits per heavy atom. The molecule has 0 saturated carbocycles. The third-order valence-corrected chi connectivity index (χ3v) is 3.72. The monoisotopic (exact) mass is 434 g/mol. The van der Waals surface area contributed by atoms with Crippen molar-refractivity contribution in [1.82, 2.24) is 4.98 Å². The first kappa shape index (κ1) is 17.8. The van der Waals surface area contributed by atoms with E-state index >= 15 is 0 Å². The molecular formula is C16H16F3IN3-. The van der Waals surface area contributed by atoms with Gasteiger partial charge in [-0.3, -0.25) is 0 Å². The molecular weight excluding hydrogens is 418 g/mol. The van der Waals surface area contributed by atoms with Gasteiger partial charge in [-0.1, -0.05) is 18.2 Å². The van der Waals surface area contributed by atoms with Crippen molar-refractivity contribution in [2.24, 2.45) is 0 Å². The number of fused-ring (bicyclic) bond motifs is 1. The molecule has 0 saturated heterocycles. The third-order valence-electron chi connectivity index (χ3n) is 3.72. The molecule has 3 nitrogen and oxygen atoms in total. The quantitative estimate of drug-likeness (QED) is 0.668. The zero-order chi connectivity index (χ0) is 15.9. The van der Waals surface area contributed by atoms with Gasteiger partial charge >= 0.3 is 6.18 Å². The predicted molar refractivity (Wildman–Crippen MR) is 80.3 cm³/mol. The van der Waals surface area contributed by atoms with Crippen molar-refractivity contribution in [2.45, 2.75) is 26.1 Å². The summed E-state index contributed by atoms with van der Waals surface area (Å²) in [5.74, 6) is 0.563. The van der Waals surface area contributed by atoms with Gasteiger partial charge in [0, 0.05) is 17.9 Å². The maximum Gasteiger partial charge on any atom is 0.417 e. The fraction of sp³-hybridized carbons (Fsp3) is 0.312. The van der Waals surface area contributed by atoms with Gasteiger partial charge in [-0.05, 0) is 32.0 Å². The predicted octanol–water partition coefficient (Wildman–Crippen LogP) is 1.43. The molecule has 0 fully saturated rings. The lowest BCUT2D eigenvalue weighted by molar-refractivity contribution is -0.137. The smallest absolute Gasteiger partial charge is 0.417 e. The number of benzene rings is 1. The average Bonchev–Trinajstić information content (AvgIpc) is 2.86. The summed E-state index contributed by atoms with van der Waals surface area (Å²) in [6, 6.07) is 10.8. The number of rotatable bonds is 2. The minimum atomic E-state index is -4.38. The second kappa shape index (κ2) is 6.54. The SMILES string of the molecule is CC(C)N1CN(c2ccccc2)c2ncc(C(F)(F)F)cc21.[I-]. The van der Waals surface area contributed by atoms with Gasteiger partial charge in [0.25, 0.3) is 0 Å². The molecule has 0 spiro atoms. The highest BCUT2D eigenvalue weighted by Crippen LogP contribution is 2.42. The van der Waals surface area contributed by atoms with Gasteiger partial charge in [0.1, 0.15) is 0 Å². The Balaban J connectivity index is 0.00000192. The van der Waals surface area contributed by atoms with Gasteiger partial charge in [0.15, 0.2) is 5.82 Å². The van der Waals surface area contributed by atoms with Crippen LogP contribution in [0.15, 0.2) is 42.6 Å². The number of aromatic nitrogens is 1. The molecule has 1 aliphatic rings. The molecule has 23 heavy (non-hydrogen) atoms. The van der Waals surface area contributed by atoms with Crippen LogP contribution in [0.5, 0.6) is 0 Å². The molecule has 2 aromatic rings. The van der Waals surface area contributed by atoms with Crippen molar-refractivity contribution in [3.63, 3.8) is 0 Å². The van der Waals surface area contributed by atoms with E-state index in [1.165, 1.54) is 6.07 Å². The van der Waals surface area contributed by atoms with Crippen LogP contribution in [0.4, 0.5) is 30.4 Å². The van der Waals surface area contributed by atoms with E-state index in [-0.39, 0.29) is 30.0 Å². The lowest BCUT2D eigenvalue weighted by Gasteiger charge is -2.24. The van der Waals surface area contributed by atoms with E-state index in [0.29, 0.717) is 18.2 Å². The summed E-state index contributed by atoms with van der Waals surface area (Å²) in [5, 5.41) is 0. The average molecular weight is 434 g/mol. The fourth-order valence-electron chi connectivity index (χ4n) is 2.57. The summed E-state index contributed by atoms with van der Waals surface area (Å²) < 4.78 is 38.8. The minimum absolute atomic E-state index is 0. The van der Waals surface area contributed by atoms with Crippen LogP contribution in [-0.2, 0) is 6.18 Å². The molecule has 0 bridgehead atoms. The highest BCUT2D eigenvalue weighted by Gasteiger charge is 2.36. The molecule has 0 amide bonds. The van der Waals surface area contributed by atoms with Crippen LogP contribution in [0.3, 0.4) is 0 Å². The van der Waals surface area contributed by atoms with Gasteiger partial charge in [-0.2, -0.15) is 13.2 Å². The van der Waals surface area contributed by atoms with Crippen molar-refractivity contribution in [1.29, 1.82) is 0 Å². The fourth-order valence-corrected chi connectivity index (χ4v) is 2.57. The Bertz CT molecular complexity index is 674. The van der Waals surface area contributed by atoms with Crippen LogP contribution in [0.25, 0.3) is 0 Å². The molecule has 2 heterocycles. The topological polar surface area (TPSA) is 19.4 Å². The van der Waals surface area contributed by atoms with Gasteiger partial charge in [0.2, 0.25) is 0 Å². The molecule has 1 aromatic heterocycles. The first-order valence-electron chi connectivity index (χ1n) is 7.04. The zero-order valence-corrected chi connectivity index (χ0v) is 14.8. The standard InChI is InChI=1S/C16H16F3N3.HI/c1-11(2)21-10-22(13-6-4-3-5-7-13)15-14(21)8-12(9-20-15)16(17,18)19;/h3-9,11H,10H2,1-2H3;1H/p-1. The van der Waals surface area contributed by atoms with Crippen LogP contribution >= 0.6 is 0 Å². The van der Waals surface area contributed by atoms with Crippen molar-refractivity contribution < 1.29 is 37.1 Å². The third kappa shape index (κ3) is 3.39. The second-order valence-electron chi connectivity index (χ2n) is 5.53. The lowest BCUT2D eigenvalue weighted by Crippen LogP contribution is -3.00. The summed E-state index contributed by atoms with van der Waals surface area (Å²) >= 11 is 0. The Kier molecular flexibility index (Phi) is 5.07. The number of hydrogen-bond donors (Lipinski definition) is 0. The number of halogens is 4. The van der Waals surface area contributed by atoms with Gasteiger partial charge in [-0.25, -0.2) is 4.98 Å². The number of anilines is 3. The number of pyridine rings is 1. The van der Waals surface area contributed by atoms with E-state index in [0.717, 1.165) is 11.9 Å². The van der Waals surface area contributed by atoms with Gasteiger partial charge < -0.3 is 33.8 Å². The highest BCUT2D eigenvalue weighted by molar-refractivity contribution is 5.79. The summed E-state index contributed by atoms with van der Waals surface area (Å²) in [5.41, 5.74) is 0.722. The van der Waals surface area contributed by atoms with Crippen LogP contribution < -0.4 is 33.8 Å². The van der Waals surface area contributed by atoms with Crippen LogP contribution in [0.1, 0.15) is 19.4 Å². The van der Waals surface area contributed by atoms with Gasteiger partial charge in [0.05, 0.1) is 17.9 Å². The van der Waals surface area contributed by atoms with Crippen LogP contribution in [0, 0.1) is 0 Å². The summed E-state index contributed by atoms with van der Waals surface area (Å²) in [6.07, 6.45) is -3.48. The molecule has 0 radical (unpaired) electrons. The van der Waals surface area contributed by atoms with E-state index in [2.05, 4.69) is 4.98 Å². The lowest BCUT2D eigenvalue weighted by atomic mass is 10.2. The summed E-state index contributed by atoms with van der Waals surface area (Å²) in [4.78, 5) is 7.93. The maximum atomic E-state index is 12.9. The zero-order valence-electron chi connectivity index (χ0n) is 12.7. The Labute approximate surface area is 150 Å². The van der Waals surface area contributed by atoms with E-state index in [1.54, 1.807) is 0 Å². The number of hydrogen-bond acceptors (Lipinski definition) is 3. The second-order valence-corrected chi connectivity index (χ2v) is 5.53. The van der Waals surface area contributed by atoms with Crippen LogP contribution in [0.2, 0.25) is 0 Å². The van der Waals surface area contributed by atoms with E-state index in [9.17, 15) is 13.2 Å². The molecule has 1 aromatic carbocycles.